The summed E-state index contributed by atoms with van der Waals surface area (Å²) in [7, 11) is 0. The Bertz CT molecular complexity index is 904. The van der Waals surface area contributed by atoms with Gasteiger partial charge in [0, 0.05) is 5.56 Å². The Morgan fingerprint density at radius 3 is 2.35 bits per heavy atom. The number of hydrogen-bond acceptors (Lipinski definition) is 2. The monoisotopic (exact) mass is 308 g/mol. The van der Waals surface area contributed by atoms with Crippen molar-refractivity contribution >= 4 is 11.9 Å². The first-order valence-corrected chi connectivity index (χ1v) is 7.68. The van der Waals surface area contributed by atoms with Crippen LogP contribution in [0.1, 0.15) is 35.4 Å². The van der Waals surface area contributed by atoms with E-state index in [0.29, 0.717) is 11.5 Å². The summed E-state index contributed by atoms with van der Waals surface area (Å²) in [4.78, 5) is 24.4. The van der Waals surface area contributed by atoms with E-state index < -0.39 is 23.3 Å². The lowest BCUT2D eigenvalue weighted by molar-refractivity contribution is -0.122. The number of carbonyl (C=O) groups excluding carboxylic acids is 2. The topological polar surface area (TPSA) is 58.2 Å². The summed E-state index contributed by atoms with van der Waals surface area (Å²) < 4.78 is 13.8. The number of halogens is 1. The molecule has 2 fully saturated rings. The molecule has 2 aromatic carbocycles. The molecule has 1 spiro atoms. The maximum absolute atomic E-state index is 13.8. The molecule has 5 rings (SSSR count). The summed E-state index contributed by atoms with van der Waals surface area (Å²) >= 11 is 0. The van der Waals surface area contributed by atoms with Crippen LogP contribution in [0.15, 0.2) is 36.4 Å². The first-order valence-electron chi connectivity index (χ1n) is 7.68. The van der Waals surface area contributed by atoms with E-state index in [9.17, 15) is 14.0 Å². The highest BCUT2D eigenvalue weighted by atomic mass is 19.1. The van der Waals surface area contributed by atoms with Crippen molar-refractivity contribution in [1.82, 2.24) is 10.6 Å². The van der Waals surface area contributed by atoms with Crippen molar-refractivity contribution in [2.75, 3.05) is 0 Å². The molecule has 0 bridgehead atoms. The Labute approximate surface area is 131 Å². The summed E-state index contributed by atoms with van der Waals surface area (Å²) in [5, 5.41) is 5.04. The van der Waals surface area contributed by atoms with Gasteiger partial charge in [0.1, 0.15) is 5.82 Å². The van der Waals surface area contributed by atoms with Crippen molar-refractivity contribution in [2.45, 2.75) is 24.3 Å². The average Bonchev–Trinajstić information content (AvgIpc) is 3.28. The maximum Gasteiger partial charge on any atom is 0.322 e. The Kier molecular flexibility index (Phi) is 2.22. The van der Waals surface area contributed by atoms with E-state index in [1.807, 2.05) is 12.1 Å². The third-order valence-electron chi connectivity index (χ3n) is 5.04. The fraction of sp³-hybridized carbons (Fsp3) is 0.222. The Hall–Kier alpha value is -2.69. The van der Waals surface area contributed by atoms with Crippen LogP contribution >= 0.6 is 0 Å². The molecule has 1 saturated carbocycles. The van der Waals surface area contributed by atoms with Crippen molar-refractivity contribution in [3.05, 3.63) is 58.9 Å². The number of nitrogens with one attached hydrogen (secondary N) is 2. The zero-order chi connectivity index (χ0) is 15.8. The number of hydrogen-bond donors (Lipinski definition) is 2. The number of carbonyl (C=O) groups is 2. The van der Waals surface area contributed by atoms with Crippen LogP contribution in [0.3, 0.4) is 0 Å². The Morgan fingerprint density at radius 2 is 1.70 bits per heavy atom. The zero-order valence-corrected chi connectivity index (χ0v) is 12.2. The van der Waals surface area contributed by atoms with Gasteiger partial charge in [-0.15, -0.1) is 0 Å². The van der Waals surface area contributed by atoms with Gasteiger partial charge in [-0.25, -0.2) is 9.18 Å². The number of rotatable bonds is 1. The summed E-state index contributed by atoms with van der Waals surface area (Å²) in [5.74, 6) is -0.341. The highest BCUT2D eigenvalue weighted by Crippen LogP contribution is 2.51. The fourth-order valence-electron chi connectivity index (χ4n) is 3.82. The summed E-state index contributed by atoms with van der Waals surface area (Å²) in [6.45, 7) is 0. The third kappa shape index (κ3) is 1.54. The standard InChI is InChI=1S/C18H13FN2O2/c19-11-4-6-13-12-5-3-10(9-1-2-9)7-14(12)18(15(13)8-11)16(22)20-17(23)21-18/h3-9H,1-2H2,(H2,20,21,22,23)/t18-/m1/s1. The van der Waals surface area contributed by atoms with Gasteiger partial charge in [0.25, 0.3) is 5.91 Å². The Balaban J connectivity index is 1.83. The molecule has 114 valence electrons. The zero-order valence-electron chi connectivity index (χ0n) is 12.2. The predicted molar refractivity (Wildman–Crippen MR) is 81.3 cm³/mol. The van der Waals surface area contributed by atoms with Crippen LogP contribution in [0.25, 0.3) is 11.1 Å². The van der Waals surface area contributed by atoms with Gasteiger partial charge < -0.3 is 5.32 Å². The normalized spacial score (nSPS) is 24.4. The summed E-state index contributed by atoms with van der Waals surface area (Å²) in [6.07, 6.45) is 2.29. The van der Waals surface area contributed by atoms with Crippen molar-refractivity contribution in [3.8, 4) is 11.1 Å². The van der Waals surface area contributed by atoms with Crippen LogP contribution in [0.5, 0.6) is 0 Å². The SMILES string of the molecule is O=C1NC(=O)[C@]2(N1)c1cc(F)ccc1-c1ccc(C3CC3)cc12. The molecule has 3 amide bonds. The molecule has 1 aliphatic heterocycles. The molecule has 1 saturated heterocycles. The van der Waals surface area contributed by atoms with Crippen LogP contribution in [0.2, 0.25) is 0 Å². The minimum atomic E-state index is -1.31. The first-order chi connectivity index (χ1) is 11.1. The summed E-state index contributed by atoms with van der Waals surface area (Å²) in [5.41, 5.74) is 2.78. The molecule has 4 nitrogen and oxygen atoms in total. The van der Waals surface area contributed by atoms with Gasteiger partial charge in [-0.05, 0) is 53.1 Å². The number of benzene rings is 2. The van der Waals surface area contributed by atoms with Gasteiger partial charge in [0.15, 0.2) is 5.54 Å². The van der Waals surface area contributed by atoms with Gasteiger partial charge in [-0.3, -0.25) is 10.1 Å². The van der Waals surface area contributed by atoms with E-state index in [1.54, 1.807) is 6.07 Å². The van der Waals surface area contributed by atoms with Crippen LogP contribution in [0.4, 0.5) is 9.18 Å². The van der Waals surface area contributed by atoms with E-state index in [1.165, 1.54) is 17.7 Å². The number of imide groups is 1. The van der Waals surface area contributed by atoms with Crippen molar-refractivity contribution in [3.63, 3.8) is 0 Å². The molecule has 0 radical (unpaired) electrons. The molecule has 0 unspecified atom stereocenters. The van der Waals surface area contributed by atoms with Crippen molar-refractivity contribution in [2.24, 2.45) is 0 Å². The highest BCUT2D eigenvalue weighted by Gasteiger charge is 2.55. The number of amides is 3. The van der Waals surface area contributed by atoms with Crippen LogP contribution in [-0.2, 0) is 10.3 Å². The molecular weight excluding hydrogens is 295 g/mol. The molecule has 2 aromatic rings. The second-order valence-corrected chi connectivity index (χ2v) is 6.43. The van der Waals surface area contributed by atoms with Gasteiger partial charge in [0.2, 0.25) is 0 Å². The molecular formula is C18H13FN2O2. The van der Waals surface area contributed by atoms with E-state index in [2.05, 4.69) is 16.7 Å². The highest BCUT2D eigenvalue weighted by molar-refractivity contribution is 6.13. The largest absolute Gasteiger partial charge is 0.322 e. The van der Waals surface area contributed by atoms with Crippen LogP contribution in [-0.4, -0.2) is 11.9 Å². The third-order valence-corrected chi connectivity index (χ3v) is 5.04. The molecule has 23 heavy (non-hydrogen) atoms. The predicted octanol–water partition coefficient (Wildman–Crippen LogP) is 2.77. The second kappa shape index (κ2) is 3.98. The maximum atomic E-state index is 13.8. The quantitative estimate of drug-likeness (QED) is 0.796. The molecule has 1 atom stereocenters. The minimum Gasteiger partial charge on any atom is -0.316 e. The lowest BCUT2D eigenvalue weighted by Gasteiger charge is -2.23. The van der Waals surface area contributed by atoms with Gasteiger partial charge in [-0.1, -0.05) is 24.3 Å². The van der Waals surface area contributed by atoms with Crippen LogP contribution in [0, 0.1) is 5.82 Å². The van der Waals surface area contributed by atoms with Crippen LogP contribution < -0.4 is 10.6 Å². The first kappa shape index (κ1) is 12.8. The van der Waals surface area contributed by atoms with E-state index in [-0.39, 0.29) is 0 Å². The van der Waals surface area contributed by atoms with E-state index in [4.69, 9.17) is 0 Å². The second-order valence-electron chi connectivity index (χ2n) is 6.43. The molecule has 0 aromatic heterocycles. The van der Waals surface area contributed by atoms with E-state index >= 15 is 0 Å². The Morgan fingerprint density at radius 1 is 1.00 bits per heavy atom. The smallest absolute Gasteiger partial charge is 0.316 e. The van der Waals surface area contributed by atoms with Crippen molar-refractivity contribution in [1.29, 1.82) is 0 Å². The van der Waals surface area contributed by atoms with Gasteiger partial charge in [-0.2, -0.15) is 0 Å². The lowest BCUT2D eigenvalue weighted by Crippen LogP contribution is -2.43. The van der Waals surface area contributed by atoms with Gasteiger partial charge in [0.05, 0.1) is 0 Å². The number of fused-ring (bicyclic) bond motifs is 5. The molecule has 2 N–H and O–H groups in total. The number of urea groups is 1. The van der Waals surface area contributed by atoms with Gasteiger partial charge >= 0.3 is 6.03 Å². The van der Waals surface area contributed by atoms with Crippen molar-refractivity contribution < 1.29 is 14.0 Å². The molecule has 1 heterocycles. The average molecular weight is 308 g/mol. The lowest BCUT2D eigenvalue weighted by atomic mass is 9.86. The minimum absolute atomic E-state index is 0.424. The van der Waals surface area contributed by atoms with E-state index in [0.717, 1.165) is 29.5 Å². The molecule has 2 aliphatic carbocycles. The fourth-order valence-corrected chi connectivity index (χ4v) is 3.82. The summed E-state index contributed by atoms with van der Waals surface area (Å²) in [6, 6.07) is 9.89. The molecule has 3 aliphatic rings. The molecule has 5 heteroatoms.